The monoisotopic (exact) mass is 696 g/mol. The van der Waals surface area contributed by atoms with Crippen LogP contribution in [0.15, 0.2) is 194 Å². The maximum atomic E-state index is 4.68. The van der Waals surface area contributed by atoms with Gasteiger partial charge >= 0.3 is 0 Å². The van der Waals surface area contributed by atoms with E-state index >= 15 is 0 Å². The standard InChI is InChI=1S/C53H32N2/c1-3-12-33(13-4-1)37-23-24-38(34-14-5-2-6-15-34)46-32-48-42-26-25-39(40-19-10-20-41(52(40)42)47(48)31-45(37)46)35-16-9-17-36(30-35)55-50-22-8-7-18-44(50)53-43-21-11-29-54-49(43)27-28-51(53)55/h1-32H. The van der Waals surface area contributed by atoms with E-state index in [0.29, 0.717) is 0 Å². The van der Waals surface area contributed by atoms with Gasteiger partial charge in [-0.3, -0.25) is 4.98 Å². The summed E-state index contributed by atoms with van der Waals surface area (Å²) < 4.78 is 2.41. The zero-order chi connectivity index (χ0) is 36.0. The Balaban J connectivity index is 1.06. The second-order valence-corrected chi connectivity index (χ2v) is 14.7. The zero-order valence-electron chi connectivity index (χ0n) is 29.9. The molecule has 0 saturated carbocycles. The molecule has 0 atom stereocenters. The van der Waals surface area contributed by atoms with Gasteiger partial charge in [0.15, 0.2) is 0 Å². The minimum absolute atomic E-state index is 1.01. The molecule has 0 fully saturated rings. The first kappa shape index (κ1) is 30.2. The van der Waals surface area contributed by atoms with Crippen LogP contribution < -0.4 is 0 Å². The largest absolute Gasteiger partial charge is 0.309 e. The zero-order valence-corrected chi connectivity index (χ0v) is 29.9. The molecular weight excluding hydrogens is 665 g/mol. The number of benzene rings is 9. The first-order valence-electron chi connectivity index (χ1n) is 19.0. The highest BCUT2D eigenvalue weighted by Gasteiger charge is 2.25. The summed E-state index contributed by atoms with van der Waals surface area (Å²) >= 11 is 0. The van der Waals surface area contributed by atoms with Gasteiger partial charge in [-0.15, -0.1) is 0 Å². The summed E-state index contributed by atoms with van der Waals surface area (Å²) in [6.45, 7) is 0. The minimum Gasteiger partial charge on any atom is -0.309 e. The fraction of sp³-hybridized carbons (Fsp3) is 0. The Labute approximate surface area is 318 Å². The average molecular weight is 697 g/mol. The highest BCUT2D eigenvalue weighted by atomic mass is 15.0. The second-order valence-electron chi connectivity index (χ2n) is 14.7. The Bertz CT molecular complexity index is 3260. The molecule has 0 radical (unpaired) electrons. The van der Waals surface area contributed by atoms with Crippen LogP contribution in [-0.4, -0.2) is 9.55 Å². The molecule has 1 aliphatic rings. The van der Waals surface area contributed by atoms with Crippen LogP contribution in [-0.2, 0) is 0 Å². The van der Waals surface area contributed by atoms with Crippen molar-refractivity contribution in [3.63, 3.8) is 0 Å². The molecule has 2 heteroatoms. The molecule has 55 heavy (non-hydrogen) atoms. The molecule has 254 valence electrons. The highest BCUT2D eigenvalue weighted by Crippen LogP contribution is 2.52. The van der Waals surface area contributed by atoms with E-state index in [2.05, 4.69) is 192 Å². The van der Waals surface area contributed by atoms with E-state index in [0.717, 1.165) is 11.2 Å². The van der Waals surface area contributed by atoms with Gasteiger partial charge in [0.1, 0.15) is 0 Å². The number of hydrogen-bond donors (Lipinski definition) is 0. The van der Waals surface area contributed by atoms with Crippen molar-refractivity contribution in [3.05, 3.63) is 194 Å². The molecule has 0 aliphatic heterocycles. The maximum absolute atomic E-state index is 4.68. The molecular formula is C53H32N2. The van der Waals surface area contributed by atoms with E-state index in [1.807, 2.05) is 12.3 Å². The van der Waals surface area contributed by atoms with Gasteiger partial charge in [0.25, 0.3) is 0 Å². The molecule has 0 N–H and O–H groups in total. The predicted molar refractivity (Wildman–Crippen MR) is 232 cm³/mol. The third-order valence-electron chi connectivity index (χ3n) is 11.8. The molecule has 11 aromatic rings. The van der Waals surface area contributed by atoms with Crippen LogP contribution in [0.4, 0.5) is 0 Å². The molecule has 2 aromatic heterocycles. The van der Waals surface area contributed by atoms with E-state index in [9.17, 15) is 0 Å². The molecule has 9 aromatic carbocycles. The molecule has 0 spiro atoms. The topological polar surface area (TPSA) is 17.8 Å². The molecule has 0 bridgehead atoms. The average Bonchev–Trinajstić information content (AvgIpc) is 3.77. The van der Waals surface area contributed by atoms with Crippen molar-refractivity contribution >= 4 is 54.3 Å². The first-order chi connectivity index (χ1) is 27.3. The van der Waals surface area contributed by atoms with Gasteiger partial charge < -0.3 is 4.57 Å². The normalized spacial score (nSPS) is 12.0. The third kappa shape index (κ3) is 4.40. The lowest BCUT2D eigenvalue weighted by Gasteiger charge is -2.15. The first-order valence-corrected chi connectivity index (χ1v) is 19.0. The molecule has 0 unspecified atom stereocenters. The number of fused-ring (bicyclic) bond motifs is 9. The van der Waals surface area contributed by atoms with Crippen molar-refractivity contribution in [1.29, 1.82) is 0 Å². The van der Waals surface area contributed by atoms with Gasteiger partial charge in [0.2, 0.25) is 0 Å². The highest BCUT2D eigenvalue weighted by molar-refractivity contribution is 6.23. The van der Waals surface area contributed by atoms with Gasteiger partial charge in [0, 0.05) is 28.0 Å². The maximum Gasteiger partial charge on any atom is 0.0709 e. The number of rotatable bonds is 4. The number of nitrogens with zero attached hydrogens (tertiary/aromatic N) is 2. The van der Waals surface area contributed by atoms with Gasteiger partial charge in [-0.05, 0) is 126 Å². The van der Waals surface area contributed by atoms with E-state index in [4.69, 9.17) is 0 Å². The minimum atomic E-state index is 1.01. The Morgan fingerprint density at radius 3 is 1.64 bits per heavy atom. The molecule has 1 aliphatic carbocycles. The molecule has 0 saturated heterocycles. The smallest absolute Gasteiger partial charge is 0.0709 e. The van der Waals surface area contributed by atoms with Gasteiger partial charge in [0.05, 0.1) is 16.6 Å². The summed E-state index contributed by atoms with van der Waals surface area (Å²) in [4.78, 5) is 4.68. The van der Waals surface area contributed by atoms with E-state index < -0.39 is 0 Å². The van der Waals surface area contributed by atoms with Crippen LogP contribution in [0.3, 0.4) is 0 Å². The summed E-state index contributed by atoms with van der Waals surface area (Å²) in [6.07, 6.45) is 1.87. The van der Waals surface area contributed by atoms with Crippen LogP contribution in [0.5, 0.6) is 0 Å². The van der Waals surface area contributed by atoms with Crippen LogP contribution in [0.1, 0.15) is 0 Å². The number of para-hydroxylation sites is 1. The van der Waals surface area contributed by atoms with Crippen molar-refractivity contribution in [3.8, 4) is 61.3 Å². The van der Waals surface area contributed by atoms with Crippen LogP contribution >= 0.6 is 0 Å². The number of aromatic nitrogens is 2. The summed E-state index contributed by atoms with van der Waals surface area (Å²) in [5, 5.41) is 8.82. The Morgan fingerprint density at radius 1 is 0.309 bits per heavy atom. The van der Waals surface area contributed by atoms with E-state index in [1.54, 1.807) is 0 Å². The molecule has 2 heterocycles. The molecule has 0 amide bonds. The molecule has 12 rings (SSSR count). The van der Waals surface area contributed by atoms with Gasteiger partial charge in [-0.1, -0.05) is 140 Å². The fourth-order valence-corrected chi connectivity index (χ4v) is 9.39. The third-order valence-corrected chi connectivity index (χ3v) is 11.8. The lowest BCUT2D eigenvalue weighted by atomic mass is 9.88. The summed E-state index contributed by atoms with van der Waals surface area (Å²) in [5.41, 5.74) is 17.2. The Hall–Kier alpha value is -7.29. The Morgan fingerprint density at radius 2 is 0.891 bits per heavy atom. The van der Waals surface area contributed by atoms with Crippen molar-refractivity contribution in [2.45, 2.75) is 0 Å². The second kappa shape index (κ2) is 11.6. The van der Waals surface area contributed by atoms with Crippen molar-refractivity contribution in [2.75, 3.05) is 0 Å². The molecule has 2 nitrogen and oxygen atoms in total. The van der Waals surface area contributed by atoms with Crippen molar-refractivity contribution in [1.82, 2.24) is 9.55 Å². The lowest BCUT2D eigenvalue weighted by Crippen LogP contribution is -1.94. The van der Waals surface area contributed by atoms with Crippen LogP contribution in [0, 0.1) is 0 Å². The lowest BCUT2D eigenvalue weighted by molar-refractivity contribution is 1.18. The summed E-state index contributed by atoms with van der Waals surface area (Å²) in [6, 6.07) is 69.1. The number of hydrogen-bond acceptors (Lipinski definition) is 1. The van der Waals surface area contributed by atoms with E-state index in [-0.39, 0.29) is 0 Å². The summed E-state index contributed by atoms with van der Waals surface area (Å²) in [5.74, 6) is 0. The van der Waals surface area contributed by atoms with Gasteiger partial charge in [-0.2, -0.15) is 0 Å². The predicted octanol–water partition coefficient (Wildman–Crippen LogP) is 14.3. The van der Waals surface area contributed by atoms with Crippen molar-refractivity contribution in [2.24, 2.45) is 0 Å². The van der Waals surface area contributed by atoms with Crippen molar-refractivity contribution < 1.29 is 0 Å². The summed E-state index contributed by atoms with van der Waals surface area (Å²) in [7, 11) is 0. The SMILES string of the molecule is c1ccc(-c2ccc(-c3ccccc3)c3cc4c(cc23)-c2cccc3c(-c5cccc(-n6c7ccccc7c7c8cccnc8ccc76)c5)ccc-4c23)cc1. The quantitative estimate of drug-likeness (QED) is 0.179. The Kier molecular flexibility index (Phi) is 6.37. The van der Waals surface area contributed by atoms with Gasteiger partial charge in [-0.25, -0.2) is 0 Å². The van der Waals surface area contributed by atoms with E-state index in [1.165, 1.54) is 104 Å². The van der Waals surface area contributed by atoms with Crippen LogP contribution in [0.2, 0.25) is 0 Å². The van der Waals surface area contributed by atoms with Crippen LogP contribution in [0.25, 0.3) is 116 Å². The number of pyridine rings is 1. The fourth-order valence-electron chi connectivity index (χ4n) is 9.39.